The molecule has 1 saturated carbocycles. The quantitative estimate of drug-likeness (QED) is 0.310. The number of unbranched alkanes of at least 4 members (excludes halogenated alkanes) is 1. The second kappa shape index (κ2) is 9.22. The van der Waals surface area contributed by atoms with E-state index in [0.29, 0.717) is 0 Å². The Morgan fingerprint density at radius 2 is 2.00 bits per heavy atom. The van der Waals surface area contributed by atoms with E-state index in [2.05, 4.69) is 34.7 Å². The van der Waals surface area contributed by atoms with Crippen molar-refractivity contribution in [3.05, 3.63) is 29.8 Å². The summed E-state index contributed by atoms with van der Waals surface area (Å²) >= 11 is 0. The number of hydrogen-bond donors (Lipinski definition) is 2. The lowest BCUT2D eigenvalue weighted by Crippen LogP contribution is -2.41. The van der Waals surface area contributed by atoms with Crippen LogP contribution in [0.2, 0.25) is 0 Å². The fraction of sp³-hybridized carbons (Fsp3) is 0.588. The molecule has 0 amide bonds. The summed E-state index contributed by atoms with van der Waals surface area (Å²) < 4.78 is 5.51. The zero-order chi connectivity index (χ0) is 15.1. The van der Waals surface area contributed by atoms with Crippen LogP contribution < -0.4 is 15.4 Å². The van der Waals surface area contributed by atoms with Gasteiger partial charge in [-0.1, -0.05) is 31.5 Å². The zero-order valence-corrected chi connectivity index (χ0v) is 16.1. The number of guanidine groups is 1. The maximum absolute atomic E-state index is 5.51. The lowest BCUT2D eigenvalue weighted by atomic mass is 9.95. The molecule has 0 bridgehead atoms. The highest BCUT2D eigenvalue weighted by atomic mass is 127. The molecule has 1 aliphatic rings. The van der Waals surface area contributed by atoms with E-state index in [1.165, 1.54) is 31.2 Å². The van der Waals surface area contributed by atoms with Crippen molar-refractivity contribution >= 4 is 29.9 Å². The highest BCUT2D eigenvalue weighted by Crippen LogP contribution is 2.50. The van der Waals surface area contributed by atoms with Crippen LogP contribution >= 0.6 is 24.0 Å². The first kappa shape index (κ1) is 19.1. The number of methoxy groups -OCH3 is 1. The second-order valence-corrected chi connectivity index (χ2v) is 5.69. The molecule has 1 fully saturated rings. The highest BCUT2D eigenvalue weighted by Gasteiger charge is 2.45. The summed E-state index contributed by atoms with van der Waals surface area (Å²) in [7, 11) is 3.57. The smallest absolute Gasteiger partial charge is 0.191 e. The zero-order valence-electron chi connectivity index (χ0n) is 13.8. The van der Waals surface area contributed by atoms with E-state index < -0.39 is 0 Å². The SMILES string of the molecule is CCCCNC(=NC)NCC1(c2ccccc2OC)CC1.I. The predicted molar refractivity (Wildman–Crippen MR) is 104 cm³/mol. The molecule has 1 aliphatic carbocycles. The molecule has 1 aromatic carbocycles. The first-order valence-electron chi connectivity index (χ1n) is 7.84. The summed E-state index contributed by atoms with van der Waals surface area (Å²) in [4.78, 5) is 4.29. The van der Waals surface area contributed by atoms with Crippen LogP contribution in [0.4, 0.5) is 0 Å². The van der Waals surface area contributed by atoms with E-state index >= 15 is 0 Å². The van der Waals surface area contributed by atoms with Gasteiger partial charge in [-0.3, -0.25) is 4.99 Å². The number of hydrogen-bond acceptors (Lipinski definition) is 2. The van der Waals surface area contributed by atoms with Crippen molar-refractivity contribution in [3.8, 4) is 5.75 Å². The molecule has 0 saturated heterocycles. The van der Waals surface area contributed by atoms with Crippen molar-refractivity contribution < 1.29 is 4.74 Å². The number of nitrogens with one attached hydrogen (secondary N) is 2. The van der Waals surface area contributed by atoms with Crippen LogP contribution in [0.3, 0.4) is 0 Å². The lowest BCUT2D eigenvalue weighted by Gasteiger charge is -2.21. The van der Waals surface area contributed by atoms with Gasteiger partial charge in [-0.25, -0.2) is 0 Å². The first-order valence-corrected chi connectivity index (χ1v) is 7.84. The third-order valence-corrected chi connectivity index (χ3v) is 4.17. The molecule has 0 radical (unpaired) electrons. The van der Waals surface area contributed by atoms with Gasteiger partial charge in [0.15, 0.2) is 5.96 Å². The van der Waals surface area contributed by atoms with E-state index in [9.17, 15) is 0 Å². The minimum atomic E-state index is 0. The van der Waals surface area contributed by atoms with Crippen molar-refractivity contribution in [2.45, 2.75) is 38.0 Å². The van der Waals surface area contributed by atoms with Crippen LogP contribution in [0, 0.1) is 0 Å². The van der Waals surface area contributed by atoms with Crippen LogP contribution in [0.15, 0.2) is 29.3 Å². The summed E-state index contributed by atoms with van der Waals surface area (Å²) in [6, 6.07) is 8.34. The molecule has 2 N–H and O–H groups in total. The van der Waals surface area contributed by atoms with Crippen LogP contribution in [0.25, 0.3) is 0 Å². The van der Waals surface area contributed by atoms with Gasteiger partial charge in [0.25, 0.3) is 0 Å². The molecule has 5 heteroatoms. The van der Waals surface area contributed by atoms with Crippen LogP contribution in [-0.4, -0.2) is 33.2 Å². The summed E-state index contributed by atoms with van der Waals surface area (Å²) in [5.41, 5.74) is 1.51. The summed E-state index contributed by atoms with van der Waals surface area (Å²) in [6.45, 7) is 4.07. The number of aliphatic imine (C=N–C) groups is 1. The number of ether oxygens (including phenoxy) is 1. The number of halogens is 1. The molecule has 0 spiro atoms. The van der Waals surface area contributed by atoms with Crippen molar-refractivity contribution in [2.24, 2.45) is 4.99 Å². The van der Waals surface area contributed by atoms with Crippen LogP contribution in [-0.2, 0) is 5.41 Å². The average Bonchev–Trinajstić information content (AvgIpc) is 3.32. The molecule has 22 heavy (non-hydrogen) atoms. The van der Waals surface area contributed by atoms with Gasteiger partial charge in [0.2, 0.25) is 0 Å². The second-order valence-electron chi connectivity index (χ2n) is 5.69. The standard InChI is InChI=1S/C17H27N3O.HI/c1-4-5-12-19-16(18-2)20-13-17(10-11-17)14-8-6-7-9-15(14)21-3;/h6-9H,4-5,10-13H2,1-3H3,(H2,18,19,20);1H. The number of rotatable bonds is 7. The Balaban J connectivity index is 0.00000242. The molecule has 0 aromatic heterocycles. The van der Waals surface area contributed by atoms with Gasteiger partial charge in [-0.2, -0.15) is 0 Å². The topological polar surface area (TPSA) is 45.7 Å². The molecule has 124 valence electrons. The van der Waals surface area contributed by atoms with E-state index in [4.69, 9.17) is 4.74 Å². The van der Waals surface area contributed by atoms with Crippen LogP contribution in [0.1, 0.15) is 38.2 Å². The maximum atomic E-state index is 5.51. The predicted octanol–water partition coefficient (Wildman–Crippen LogP) is 3.31. The largest absolute Gasteiger partial charge is 0.496 e. The van der Waals surface area contributed by atoms with Gasteiger partial charge in [0, 0.05) is 31.1 Å². The Bertz CT molecular complexity index is 487. The first-order chi connectivity index (χ1) is 10.3. The Morgan fingerprint density at radius 1 is 1.27 bits per heavy atom. The molecule has 0 atom stereocenters. The summed E-state index contributed by atoms with van der Waals surface area (Å²) in [6.07, 6.45) is 4.76. The fourth-order valence-electron chi connectivity index (χ4n) is 2.63. The molecular weight excluding hydrogens is 389 g/mol. The van der Waals surface area contributed by atoms with E-state index in [1.807, 2.05) is 19.2 Å². The van der Waals surface area contributed by atoms with E-state index in [0.717, 1.165) is 24.8 Å². The van der Waals surface area contributed by atoms with Crippen molar-refractivity contribution in [2.75, 3.05) is 27.2 Å². The summed E-state index contributed by atoms with van der Waals surface area (Å²) in [5.74, 6) is 1.88. The molecule has 2 rings (SSSR count). The van der Waals surface area contributed by atoms with Crippen molar-refractivity contribution in [3.63, 3.8) is 0 Å². The lowest BCUT2D eigenvalue weighted by molar-refractivity contribution is 0.403. The Labute approximate surface area is 151 Å². The number of benzene rings is 1. The van der Waals surface area contributed by atoms with Crippen molar-refractivity contribution in [1.29, 1.82) is 0 Å². The Kier molecular flexibility index (Phi) is 8.00. The number of nitrogens with zero attached hydrogens (tertiary/aromatic N) is 1. The van der Waals surface area contributed by atoms with Gasteiger partial charge < -0.3 is 15.4 Å². The molecule has 0 aliphatic heterocycles. The van der Waals surface area contributed by atoms with Crippen LogP contribution in [0.5, 0.6) is 5.75 Å². The molecule has 4 nitrogen and oxygen atoms in total. The maximum Gasteiger partial charge on any atom is 0.191 e. The fourth-order valence-corrected chi connectivity index (χ4v) is 2.63. The highest BCUT2D eigenvalue weighted by molar-refractivity contribution is 14.0. The third-order valence-electron chi connectivity index (χ3n) is 4.17. The van der Waals surface area contributed by atoms with Gasteiger partial charge in [0.05, 0.1) is 7.11 Å². The van der Waals surface area contributed by atoms with E-state index in [1.54, 1.807) is 7.11 Å². The normalized spacial score (nSPS) is 15.7. The van der Waals surface area contributed by atoms with Gasteiger partial charge in [-0.05, 0) is 25.3 Å². The monoisotopic (exact) mass is 417 g/mol. The average molecular weight is 417 g/mol. The molecule has 0 unspecified atom stereocenters. The van der Waals surface area contributed by atoms with E-state index in [-0.39, 0.29) is 29.4 Å². The molecule has 0 heterocycles. The minimum Gasteiger partial charge on any atom is -0.496 e. The summed E-state index contributed by atoms with van der Waals surface area (Å²) in [5, 5.41) is 6.82. The van der Waals surface area contributed by atoms with Gasteiger partial charge in [0.1, 0.15) is 5.75 Å². The van der Waals surface area contributed by atoms with Crippen molar-refractivity contribution in [1.82, 2.24) is 10.6 Å². The Hall–Kier alpha value is -0.980. The van der Waals surface area contributed by atoms with Gasteiger partial charge in [-0.15, -0.1) is 24.0 Å². The Morgan fingerprint density at radius 3 is 2.59 bits per heavy atom. The third kappa shape index (κ3) is 4.76. The molecule has 1 aromatic rings. The number of para-hydroxylation sites is 1. The van der Waals surface area contributed by atoms with Gasteiger partial charge >= 0.3 is 0 Å². The molecular formula is C17H28IN3O. The minimum absolute atomic E-state index is 0.